The van der Waals surface area contributed by atoms with E-state index in [0.29, 0.717) is 12.2 Å². The van der Waals surface area contributed by atoms with Gasteiger partial charge >= 0.3 is 11.8 Å². The fourth-order valence-electron chi connectivity index (χ4n) is 3.35. The van der Waals surface area contributed by atoms with Crippen molar-refractivity contribution >= 4 is 32.4 Å². The minimum atomic E-state index is -3.91. The Hall–Kier alpha value is -3.77. The fraction of sp³-hybridized carbons (Fsp3) is 0.250. The number of nitrogens with zero attached hydrogens (tertiary/aromatic N) is 4. The first-order chi connectivity index (χ1) is 16.9. The van der Waals surface area contributed by atoms with Gasteiger partial charge in [0.2, 0.25) is 9.84 Å². The SMILES string of the molecule is Cc1nc(NC(=O)OC(C)(C)C)sc1S(=O)(=O)c1ccc(-n2ncn(Cc3ccccc3)c2=O)cc1. The highest BCUT2D eigenvalue weighted by molar-refractivity contribution is 7.93. The number of aryl methyl sites for hydroxylation is 1. The minimum absolute atomic E-state index is 0.00520. The molecule has 1 amide bonds. The zero-order chi connectivity index (χ0) is 26.1. The highest BCUT2D eigenvalue weighted by atomic mass is 32.2. The first-order valence-electron chi connectivity index (χ1n) is 11.0. The molecule has 1 N–H and O–H groups in total. The number of benzene rings is 2. The lowest BCUT2D eigenvalue weighted by Crippen LogP contribution is -2.27. The summed E-state index contributed by atoms with van der Waals surface area (Å²) in [6.07, 6.45) is 0.724. The van der Waals surface area contributed by atoms with Gasteiger partial charge in [-0.3, -0.25) is 9.88 Å². The molecule has 12 heteroatoms. The Morgan fingerprint density at radius 2 is 1.75 bits per heavy atom. The van der Waals surface area contributed by atoms with Crippen LogP contribution in [0.5, 0.6) is 0 Å². The molecular weight excluding hydrogens is 502 g/mol. The predicted octanol–water partition coefficient (Wildman–Crippen LogP) is 4.03. The number of anilines is 1. The van der Waals surface area contributed by atoms with Gasteiger partial charge in [-0.15, -0.1) is 0 Å². The third kappa shape index (κ3) is 5.55. The lowest BCUT2D eigenvalue weighted by atomic mass is 10.2. The van der Waals surface area contributed by atoms with Crippen molar-refractivity contribution in [3.8, 4) is 5.69 Å². The number of ether oxygens (including phenoxy) is 1. The molecule has 0 saturated heterocycles. The van der Waals surface area contributed by atoms with E-state index in [4.69, 9.17) is 4.74 Å². The van der Waals surface area contributed by atoms with Crippen molar-refractivity contribution in [2.75, 3.05) is 5.32 Å². The molecule has 4 rings (SSSR count). The van der Waals surface area contributed by atoms with E-state index in [0.717, 1.165) is 16.9 Å². The Labute approximate surface area is 212 Å². The van der Waals surface area contributed by atoms with E-state index in [1.807, 2.05) is 30.3 Å². The molecule has 0 atom stereocenters. The van der Waals surface area contributed by atoms with Crippen LogP contribution in [0.25, 0.3) is 5.69 Å². The van der Waals surface area contributed by atoms with Crippen LogP contribution >= 0.6 is 11.3 Å². The summed E-state index contributed by atoms with van der Waals surface area (Å²) < 4.78 is 34.4. The standard InChI is InChI=1S/C24H25N5O5S2/c1-16-20(35-21(26-16)27-22(30)34-24(2,3)4)36(32,33)19-12-10-18(11-13-19)29-23(31)28(15-25-29)14-17-8-6-5-7-9-17/h5-13,15H,14H2,1-4H3,(H,26,27,30). The second kappa shape index (κ2) is 9.70. The fourth-order valence-corrected chi connectivity index (χ4v) is 6.14. The zero-order valence-corrected chi connectivity index (χ0v) is 21.8. The number of hydrogen-bond acceptors (Lipinski definition) is 8. The number of hydrogen-bond donors (Lipinski definition) is 1. The van der Waals surface area contributed by atoms with E-state index in [2.05, 4.69) is 15.4 Å². The minimum Gasteiger partial charge on any atom is -0.444 e. The molecule has 0 spiro atoms. The molecule has 0 unspecified atom stereocenters. The Morgan fingerprint density at radius 3 is 2.39 bits per heavy atom. The number of sulfone groups is 1. The van der Waals surface area contributed by atoms with Crippen LogP contribution in [0.15, 0.2) is 74.8 Å². The molecule has 2 heterocycles. The number of amides is 1. The van der Waals surface area contributed by atoms with Gasteiger partial charge in [0.15, 0.2) is 5.13 Å². The average molecular weight is 528 g/mol. The number of carbonyl (C=O) groups is 1. The largest absolute Gasteiger partial charge is 0.444 e. The third-order valence-electron chi connectivity index (χ3n) is 4.93. The van der Waals surface area contributed by atoms with Crippen LogP contribution in [0, 0.1) is 6.92 Å². The van der Waals surface area contributed by atoms with E-state index in [1.54, 1.807) is 27.7 Å². The van der Waals surface area contributed by atoms with E-state index in [9.17, 15) is 18.0 Å². The molecule has 0 radical (unpaired) electrons. The Morgan fingerprint density at radius 1 is 1.08 bits per heavy atom. The molecule has 4 aromatic rings. The van der Waals surface area contributed by atoms with Crippen LogP contribution in [0.3, 0.4) is 0 Å². The van der Waals surface area contributed by atoms with Crippen LogP contribution in [-0.4, -0.2) is 39.4 Å². The lowest BCUT2D eigenvalue weighted by Gasteiger charge is -2.18. The molecule has 0 saturated carbocycles. The quantitative estimate of drug-likeness (QED) is 0.401. The molecule has 188 valence electrons. The molecule has 10 nitrogen and oxygen atoms in total. The van der Waals surface area contributed by atoms with E-state index in [-0.39, 0.29) is 25.6 Å². The number of carbonyl (C=O) groups excluding carboxylic acids is 1. The number of aromatic nitrogens is 4. The summed E-state index contributed by atoms with van der Waals surface area (Å²) in [4.78, 5) is 29.0. The Bertz CT molecular complexity index is 1550. The topological polar surface area (TPSA) is 125 Å². The van der Waals surface area contributed by atoms with Gasteiger partial charge in [0.1, 0.15) is 16.1 Å². The third-order valence-corrected chi connectivity index (χ3v) is 8.38. The molecule has 0 aliphatic heterocycles. The van der Waals surface area contributed by atoms with E-state index < -0.39 is 21.5 Å². The second-order valence-electron chi connectivity index (χ2n) is 8.95. The summed E-state index contributed by atoms with van der Waals surface area (Å²) in [6, 6.07) is 15.4. The van der Waals surface area contributed by atoms with Gasteiger partial charge in [-0.25, -0.2) is 23.0 Å². The van der Waals surface area contributed by atoms with Crippen molar-refractivity contribution in [1.29, 1.82) is 0 Å². The zero-order valence-electron chi connectivity index (χ0n) is 20.1. The van der Waals surface area contributed by atoms with Gasteiger partial charge in [0, 0.05) is 0 Å². The highest BCUT2D eigenvalue weighted by Crippen LogP contribution is 2.32. The first-order valence-corrected chi connectivity index (χ1v) is 13.3. The Balaban J connectivity index is 1.54. The van der Waals surface area contributed by atoms with Crippen LogP contribution < -0.4 is 11.0 Å². The molecule has 36 heavy (non-hydrogen) atoms. The molecule has 2 aromatic carbocycles. The van der Waals surface area contributed by atoms with Gasteiger partial charge in [0.05, 0.1) is 22.8 Å². The van der Waals surface area contributed by atoms with Crippen molar-refractivity contribution in [2.24, 2.45) is 0 Å². The van der Waals surface area contributed by atoms with Crippen LogP contribution in [0.2, 0.25) is 0 Å². The first kappa shape index (κ1) is 25.3. The second-order valence-corrected chi connectivity index (χ2v) is 12.1. The van der Waals surface area contributed by atoms with Gasteiger partial charge in [-0.2, -0.15) is 9.78 Å². The Kier molecular flexibility index (Phi) is 6.83. The van der Waals surface area contributed by atoms with E-state index >= 15 is 0 Å². The maximum atomic E-state index is 13.2. The van der Waals surface area contributed by atoms with Crippen molar-refractivity contribution in [1.82, 2.24) is 19.3 Å². The molecule has 2 aromatic heterocycles. The monoisotopic (exact) mass is 527 g/mol. The summed E-state index contributed by atoms with van der Waals surface area (Å²) in [7, 11) is -3.91. The van der Waals surface area contributed by atoms with Gasteiger partial charge in [0.25, 0.3) is 0 Å². The molecular formula is C24H25N5O5S2. The maximum absolute atomic E-state index is 13.2. The normalized spacial score (nSPS) is 11.9. The molecule has 0 bridgehead atoms. The number of rotatable bonds is 6. The van der Waals surface area contributed by atoms with Crippen molar-refractivity contribution in [3.05, 3.63) is 82.7 Å². The summed E-state index contributed by atoms with van der Waals surface area (Å²) in [5.74, 6) is 0. The lowest BCUT2D eigenvalue weighted by molar-refractivity contribution is 0.0636. The average Bonchev–Trinajstić information content (AvgIpc) is 3.35. The van der Waals surface area contributed by atoms with Crippen LogP contribution in [-0.2, 0) is 21.1 Å². The van der Waals surface area contributed by atoms with Gasteiger partial charge in [-0.1, -0.05) is 41.7 Å². The van der Waals surface area contributed by atoms with E-state index in [1.165, 1.54) is 39.8 Å². The molecule has 0 aliphatic rings. The molecule has 0 fully saturated rings. The van der Waals surface area contributed by atoms with Gasteiger partial charge < -0.3 is 4.74 Å². The van der Waals surface area contributed by atoms with Crippen LogP contribution in [0.4, 0.5) is 9.93 Å². The summed E-state index contributed by atoms with van der Waals surface area (Å²) in [5, 5.41) is 6.75. The van der Waals surface area contributed by atoms with Crippen molar-refractivity contribution in [2.45, 2.75) is 48.9 Å². The molecule has 0 aliphatic carbocycles. The van der Waals surface area contributed by atoms with Gasteiger partial charge in [-0.05, 0) is 57.5 Å². The van der Waals surface area contributed by atoms with Crippen molar-refractivity contribution < 1.29 is 17.9 Å². The summed E-state index contributed by atoms with van der Waals surface area (Å²) in [6.45, 7) is 7.09. The smallest absolute Gasteiger partial charge is 0.413 e. The number of thiazole rings is 1. The van der Waals surface area contributed by atoms with Crippen molar-refractivity contribution in [3.63, 3.8) is 0 Å². The maximum Gasteiger partial charge on any atom is 0.413 e. The summed E-state index contributed by atoms with van der Waals surface area (Å²) >= 11 is 0.841. The number of nitrogens with one attached hydrogen (secondary N) is 1. The van der Waals surface area contributed by atoms with Crippen LogP contribution in [0.1, 0.15) is 32.0 Å². The predicted molar refractivity (Wildman–Crippen MR) is 136 cm³/mol. The summed E-state index contributed by atoms with van der Waals surface area (Å²) in [5.41, 5.74) is 0.601. The highest BCUT2D eigenvalue weighted by Gasteiger charge is 2.26.